The van der Waals surface area contributed by atoms with E-state index < -0.39 is 0 Å². The van der Waals surface area contributed by atoms with Crippen LogP contribution in [0.3, 0.4) is 0 Å². The van der Waals surface area contributed by atoms with Crippen molar-refractivity contribution in [3.63, 3.8) is 0 Å². The van der Waals surface area contributed by atoms with Gasteiger partial charge in [-0.05, 0) is 37.1 Å². The van der Waals surface area contributed by atoms with Crippen LogP contribution >= 0.6 is 0 Å². The second-order valence-corrected chi connectivity index (χ2v) is 5.30. The molecule has 0 saturated heterocycles. The number of carbonyl (C=O) groups excluding carboxylic acids is 1. The van der Waals surface area contributed by atoms with Gasteiger partial charge in [0.25, 0.3) is 0 Å². The van der Waals surface area contributed by atoms with Gasteiger partial charge >= 0.3 is 0 Å². The molecule has 5 nitrogen and oxygen atoms in total. The van der Waals surface area contributed by atoms with Crippen molar-refractivity contribution in [1.29, 1.82) is 0 Å². The zero-order valence-corrected chi connectivity index (χ0v) is 11.5. The molecule has 1 heterocycles. The largest absolute Gasteiger partial charge is 0.399 e. The van der Waals surface area contributed by atoms with Crippen LogP contribution in [0.25, 0.3) is 10.9 Å². The van der Waals surface area contributed by atoms with E-state index in [-0.39, 0.29) is 5.91 Å². The molecular weight excluding hydrogens is 252 g/mol. The summed E-state index contributed by atoms with van der Waals surface area (Å²) >= 11 is 0. The average molecular weight is 270 g/mol. The normalized spacial score (nSPS) is 14.2. The number of hydrogen-bond donors (Lipinski definition) is 2. The summed E-state index contributed by atoms with van der Waals surface area (Å²) < 4.78 is 0. The van der Waals surface area contributed by atoms with Gasteiger partial charge in [0, 0.05) is 36.0 Å². The number of rotatable bonds is 4. The standard InChI is InChI=1S/C15H18N4O/c1-19(9-15(20)18-11-3-4-11)14-6-7-17-13-8-10(16)2-5-12(13)14/h2,5-8,11H,3-4,9,16H2,1H3,(H,18,20). The van der Waals surface area contributed by atoms with Gasteiger partial charge in [-0.25, -0.2) is 0 Å². The van der Waals surface area contributed by atoms with Gasteiger partial charge in [0.1, 0.15) is 0 Å². The molecule has 5 heteroatoms. The monoisotopic (exact) mass is 270 g/mol. The Morgan fingerprint density at radius 2 is 2.25 bits per heavy atom. The van der Waals surface area contributed by atoms with Crippen LogP contribution in [0.5, 0.6) is 0 Å². The molecule has 1 saturated carbocycles. The Hall–Kier alpha value is -2.30. The topological polar surface area (TPSA) is 71.2 Å². The van der Waals surface area contributed by atoms with Crippen LogP contribution < -0.4 is 16.0 Å². The number of anilines is 2. The highest BCUT2D eigenvalue weighted by atomic mass is 16.2. The van der Waals surface area contributed by atoms with Gasteiger partial charge in [0.15, 0.2) is 0 Å². The smallest absolute Gasteiger partial charge is 0.239 e. The molecule has 2 aromatic rings. The number of aromatic nitrogens is 1. The van der Waals surface area contributed by atoms with Crippen molar-refractivity contribution in [2.75, 3.05) is 24.2 Å². The summed E-state index contributed by atoms with van der Waals surface area (Å²) in [6.45, 7) is 0.347. The molecule has 0 bridgehead atoms. The number of nitrogens with two attached hydrogens (primary N) is 1. The summed E-state index contributed by atoms with van der Waals surface area (Å²) in [5.74, 6) is 0.0652. The number of amides is 1. The molecule has 1 fully saturated rings. The molecule has 0 radical (unpaired) electrons. The van der Waals surface area contributed by atoms with Gasteiger partial charge in [-0.15, -0.1) is 0 Å². The number of fused-ring (bicyclic) bond motifs is 1. The number of nitrogens with one attached hydrogen (secondary N) is 1. The summed E-state index contributed by atoms with van der Waals surface area (Å²) in [5.41, 5.74) is 8.30. The fourth-order valence-electron chi connectivity index (χ4n) is 2.28. The van der Waals surface area contributed by atoms with Crippen molar-refractivity contribution in [2.24, 2.45) is 0 Å². The maximum Gasteiger partial charge on any atom is 0.239 e. The van der Waals surface area contributed by atoms with E-state index >= 15 is 0 Å². The van der Waals surface area contributed by atoms with Gasteiger partial charge in [-0.3, -0.25) is 9.78 Å². The predicted molar refractivity (Wildman–Crippen MR) is 80.6 cm³/mol. The quantitative estimate of drug-likeness (QED) is 0.827. The van der Waals surface area contributed by atoms with E-state index in [0.29, 0.717) is 18.3 Å². The fourth-order valence-corrected chi connectivity index (χ4v) is 2.28. The minimum atomic E-state index is 0.0652. The summed E-state index contributed by atoms with van der Waals surface area (Å²) in [5, 5.41) is 4.00. The third-order valence-electron chi connectivity index (χ3n) is 3.48. The van der Waals surface area contributed by atoms with Crippen LogP contribution in [0.4, 0.5) is 11.4 Å². The Morgan fingerprint density at radius 1 is 1.45 bits per heavy atom. The van der Waals surface area contributed by atoms with Gasteiger partial charge in [-0.2, -0.15) is 0 Å². The van der Waals surface area contributed by atoms with E-state index in [1.54, 1.807) is 6.20 Å². The zero-order chi connectivity index (χ0) is 14.1. The second kappa shape index (κ2) is 5.00. The van der Waals surface area contributed by atoms with E-state index in [0.717, 1.165) is 29.4 Å². The highest BCUT2D eigenvalue weighted by molar-refractivity contribution is 5.94. The Kier molecular flexibility index (Phi) is 3.18. The molecule has 0 aliphatic heterocycles. The molecule has 3 N–H and O–H groups in total. The summed E-state index contributed by atoms with van der Waals surface area (Å²) in [6, 6.07) is 7.96. The summed E-state index contributed by atoms with van der Waals surface area (Å²) in [4.78, 5) is 18.1. The molecule has 3 rings (SSSR count). The number of nitrogens with zero attached hydrogens (tertiary/aromatic N) is 2. The first kappa shape index (κ1) is 12.7. The van der Waals surface area contributed by atoms with Crippen LogP contribution in [0.1, 0.15) is 12.8 Å². The van der Waals surface area contributed by atoms with Crippen LogP contribution in [0.15, 0.2) is 30.5 Å². The highest BCUT2D eigenvalue weighted by Gasteiger charge is 2.23. The van der Waals surface area contributed by atoms with Gasteiger partial charge in [0.05, 0.1) is 12.1 Å². The highest BCUT2D eigenvalue weighted by Crippen LogP contribution is 2.26. The van der Waals surface area contributed by atoms with E-state index in [1.807, 2.05) is 36.2 Å². The number of nitrogen functional groups attached to an aromatic ring is 1. The molecule has 20 heavy (non-hydrogen) atoms. The third-order valence-corrected chi connectivity index (χ3v) is 3.48. The first-order chi connectivity index (χ1) is 9.63. The van der Waals surface area contributed by atoms with Crippen LogP contribution in [0.2, 0.25) is 0 Å². The van der Waals surface area contributed by atoms with Crippen LogP contribution in [-0.4, -0.2) is 30.5 Å². The molecule has 1 aliphatic carbocycles. The lowest BCUT2D eigenvalue weighted by molar-refractivity contribution is -0.119. The maximum absolute atomic E-state index is 11.9. The average Bonchev–Trinajstić information content (AvgIpc) is 3.21. The molecule has 1 aromatic heterocycles. The number of hydrogen-bond acceptors (Lipinski definition) is 4. The van der Waals surface area contributed by atoms with Crippen molar-refractivity contribution >= 4 is 28.2 Å². The Bertz CT molecular complexity index is 651. The molecule has 0 atom stereocenters. The van der Waals surface area contributed by atoms with Crippen LogP contribution in [-0.2, 0) is 4.79 Å². The predicted octanol–water partition coefficient (Wildman–Crippen LogP) is 1.53. The Morgan fingerprint density at radius 3 is 3.00 bits per heavy atom. The van der Waals surface area contributed by atoms with Crippen molar-refractivity contribution in [2.45, 2.75) is 18.9 Å². The van der Waals surface area contributed by atoms with Crippen molar-refractivity contribution in [1.82, 2.24) is 10.3 Å². The number of likely N-dealkylation sites (N-methyl/N-ethyl adjacent to an activating group) is 1. The lowest BCUT2D eigenvalue weighted by atomic mass is 10.1. The molecule has 1 aliphatic rings. The lowest BCUT2D eigenvalue weighted by Gasteiger charge is -2.20. The molecular formula is C15H18N4O. The van der Waals surface area contributed by atoms with Gasteiger partial charge in [0.2, 0.25) is 5.91 Å². The maximum atomic E-state index is 11.9. The van der Waals surface area contributed by atoms with Crippen molar-refractivity contribution in [3.8, 4) is 0 Å². The van der Waals surface area contributed by atoms with Gasteiger partial charge < -0.3 is 16.0 Å². The fraction of sp³-hybridized carbons (Fsp3) is 0.333. The number of carbonyl (C=O) groups is 1. The molecule has 0 unspecified atom stereocenters. The van der Waals surface area contributed by atoms with E-state index in [2.05, 4.69) is 10.3 Å². The molecule has 1 aromatic carbocycles. The lowest BCUT2D eigenvalue weighted by Crippen LogP contribution is -2.36. The summed E-state index contributed by atoms with van der Waals surface area (Å²) in [7, 11) is 1.91. The first-order valence-corrected chi connectivity index (χ1v) is 6.78. The molecule has 0 spiro atoms. The SMILES string of the molecule is CN(CC(=O)NC1CC1)c1ccnc2cc(N)ccc12. The van der Waals surface area contributed by atoms with E-state index in [4.69, 9.17) is 5.73 Å². The molecule has 104 valence electrons. The number of benzene rings is 1. The van der Waals surface area contributed by atoms with Crippen molar-refractivity contribution < 1.29 is 4.79 Å². The third kappa shape index (κ3) is 2.66. The van der Waals surface area contributed by atoms with E-state index in [1.165, 1.54) is 0 Å². The Labute approximate surface area is 117 Å². The zero-order valence-electron chi connectivity index (χ0n) is 11.5. The van der Waals surface area contributed by atoms with Gasteiger partial charge in [-0.1, -0.05) is 0 Å². The minimum absolute atomic E-state index is 0.0652. The Balaban J connectivity index is 1.83. The molecule has 1 amide bonds. The minimum Gasteiger partial charge on any atom is -0.399 e. The number of pyridine rings is 1. The van der Waals surface area contributed by atoms with Crippen molar-refractivity contribution in [3.05, 3.63) is 30.5 Å². The van der Waals surface area contributed by atoms with E-state index in [9.17, 15) is 4.79 Å². The summed E-state index contributed by atoms with van der Waals surface area (Å²) in [6.07, 6.45) is 3.95. The first-order valence-electron chi connectivity index (χ1n) is 6.78. The second-order valence-electron chi connectivity index (χ2n) is 5.30. The van der Waals surface area contributed by atoms with Crippen LogP contribution in [0, 0.1) is 0 Å².